The molecule has 2 aromatic heterocycles. The molecule has 4 nitrogen and oxygen atoms in total. The topological polar surface area (TPSA) is 55.7 Å². The summed E-state index contributed by atoms with van der Waals surface area (Å²) in [6.07, 6.45) is 4.91. The fraction of sp³-hybridized carbons (Fsp3) is 0.385. The summed E-state index contributed by atoms with van der Waals surface area (Å²) in [6.45, 7) is 7.72. The number of hydrogen-bond acceptors (Lipinski definition) is 5. The molecular formula is C13H15N3OS. The Bertz CT molecular complexity index is 570. The summed E-state index contributed by atoms with van der Waals surface area (Å²) in [7, 11) is 0. The Morgan fingerprint density at radius 3 is 2.44 bits per heavy atom. The first-order valence-electron chi connectivity index (χ1n) is 5.68. The molecule has 0 atom stereocenters. The number of rotatable bonds is 2. The molecule has 5 heteroatoms. The Kier molecular flexibility index (Phi) is 3.26. The standard InChI is InChI=1S/C13H15N3OS/c1-8(17)10-11(13(2,3)4)16-12(18-10)9-7-14-5-6-15-9/h5-7H,1-4H3. The lowest BCUT2D eigenvalue weighted by atomic mass is 9.91. The van der Waals surface area contributed by atoms with Gasteiger partial charge in [-0.15, -0.1) is 11.3 Å². The molecule has 0 aliphatic carbocycles. The molecule has 94 valence electrons. The van der Waals surface area contributed by atoms with Crippen molar-refractivity contribution in [2.45, 2.75) is 33.1 Å². The normalized spacial score (nSPS) is 11.6. The SMILES string of the molecule is CC(=O)c1sc(-c2cnccn2)nc1C(C)(C)C. The monoisotopic (exact) mass is 261 g/mol. The molecule has 0 fully saturated rings. The number of Topliss-reactive ketones (excluding diaryl/α,β-unsaturated/α-hetero) is 1. The predicted octanol–water partition coefficient (Wildman–Crippen LogP) is 3.10. The Morgan fingerprint density at radius 1 is 1.28 bits per heavy atom. The first kappa shape index (κ1) is 12.8. The molecule has 0 aliphatic heterocycles. The van der Waals surface area contributed by atoms with Crippen LogP contribution in [0.15, 0.2) is 18.6 Å². The van der Waals surface area contributed by atoms with Crippen LogP contribution in [0.2, 0.25) is 0 Å². The number of aromatic nitrogens is 3. The highest BCUT2D eigenvalue weighted by Crippen LogP contribution is 2.33. The van der Waals surface area contributed by atoms with E-state index in [1.807, 2.05) is 0 Å². The minimum atomic E-state index is -0.155. The number of nitrogens with zero attached hydrogens (tertiary/aromatic N) is 3. The van der Waals surface area contributed by atoms with Crippen LogP contribution in [0.3, 0.4) is 0 Å². The summed E-state index contributed by atoms with van der Waals surface area (Å²) >= 11 is 1.38. The number of ketones is 1. The van der Waals surface area contributed by atoms with Crippen LogP contribution in [0.1, 0.15) is 43.1 Å². The highest BCUT2D eigenvalue weighted by atomic mass is 32.1. The molecule has 0 saturated heterocycles. The lowest BCUT2D eigenvalue weighted by Crippen LogP contribution is -2.15. The van der Waals surface area contributed by atoms with Gasteiger partial charge >= 0.3 is 0 Å². The number of thiazole rings is 1. The third-order valence-corrected chi connectivity index (χ3v) is 3.62. The second kappa shape index (κ2) is 4.57. The van der Waals surface area contributed by atoms with E-state index < -0.39 is 0 Å². The van der Waals surface area contributed by atoms with Crippen LogP contribution in [0.5, 0.6) is 0 Å². The van der Waals surface area contributed by atoms with Gasteiger partial charge in [0.15, 0.2) is 5.78 Å². The van der Waals surface area contributed by atoms with E-state index in [-0.39, 0.29) is 11.2 Å². The van der Waals surface area contributed by atoms with Gasteiger partial charge in [-0.05, 0) is 0 Å². The molecule has 2 rings (SSSR count). The van der Waals surface area contributed by atoms with Crippen molar-refractivity contribution in [3.05, 3.63) is 29.2 Å². The maximum absolute atomic E-state index is 11.7. The number of carbonyl (C=O) groups is 1. The Balaban J connectivity index is 2.57. The lowest BCUT2D eigenvalue weighted by Gasteiger charge is -2.16. The second-order valence-corrected chi connectivity index (χ2v) is 6.09. The number of carbonyl (C=O) groups excluding carboxylic acids is 1. The zero-order chi connectivity index (χ0) is 13.3. The molecule has 0 saturated carbocycles. The van der Waals surface area contributed by atoms with Gasteiger partial charge in [-0.3, -0.25) is 14.8 Å². The van der Waals surface area contributed by atoms with Gasteiger partial charge in [0.1, 0.15) is 10.7 Å². The van der Waals surface area contributed by atoms with E-state index in [2.05, 4.69) is 35.7 Å². The van der Waals surface area contributed by atoms with Gasteiger partial charge in [-0.1, -0.05) is 20.8 Å². The first-order chi connectivity index (χ1) is 8.39. The van der Waals surface area contributed by atoms with Crippen LogP contribution in [0.4, 0.5) is 0 Å². The third-order valence-electron chi connectivity index (χ3n) is 2.44. The Hall–Kier alpha value is -1.62. The molecule has 0 amide bonds. The molecule has 0 bridgehead atoms. The van der Waals surface area contributed by atoms with E-state index in [0.717, 1.165) is 10.7 Å². The molecular weight excluding hydrogens is 246 g/mol. The van der Waals surface area contributed by atoms with E-state index in [0.29, 0.717) is 10.6 Å². The largest absolute Gasteiger partial charge is 0.294 e. The van der Waals surface area contributed by atoms with Crippen molar-refractivity contribution in [1.29, 1.82) is 0 Å². The van der Waals surface area contributed by atoms with Crippen molar-refractivity contribution in [3.8, 4) is 10.7 Å². The summed E-state index contributed by atoms with van der Waals surface area (Å²) in [5.74, 6) is 0.0487. The average Bonchev–Trinajstić information content (AvgIpc) is 2.74. The molecule has 18 heavy (non-hydrogen) atoms. The van der Waals surface area contributed by atoms with E-state index >= 15 is 0 Å². The highest BCUT2D eigenvalue weighted by molar-refractivity contribution is 7.17. The van der Waals surface area contributed by atoms with Crippen molar-refractivity contribution in [3.63, 3.8) is 0 Å². The van der Waals surface area contributed by atoms with Gasteiger partial charge in [0.05, 0.1) is 16.8 Å². The fourth-order valence-corrected chi connectivity index (χ4v) is 2.72. The van der Waals surface area contributed by atoms with Gasteiger partial charge in [-0.2, -0.15) is 0 Å². The quantitative estimate of drug-likeness (QED) is 0.779. The van der Waals surface area contributed by atoms with Crippen molar-refractivity contribution < 1.29 is 4.79 Å². The predicted molar refractivity (Wildman–Crippen MR) is 71.8 cm³/mol. The zero-order valence-corrected chi connectivity index (χ0v) is 11.7. The van der Waals surface area contributed by atoms with Gasteiger partial charge in [0.2, 0.25) is 0 Å². The first-order valence-corrected chi connectivity index (χ1v) is 6.50. The summed E-state index contributed by atoms with van der Waals surface area (Å²) in [4.78, 5) is 25.2. The summed E-state index contributed by atoms with van der Waals surface area (Å²) in [5, 5.41) is 0.748. The van der Waals surface area contributed by atoms with Gasteiger partial charge < -0.3 is 0 Å². The van der Waals surface area contributed by atoms with Crippen LogP contribution >= 0.6 is 11.3 Å². The summed E-state index contributed by atoms with van der Waals surface area (Å²) in [5.41, 5.74) is 1.39. The third kappa shape index (κ3) is 2.46. The molecule has 0 aliphatic rings. The molecule has 0 radical (unpaired) electrons. The van der Waals surface area contributed by atoms with Crippen molar-refractivity contribution >= 4 is 17.1 Å². The summed E-state index contributed by atoms with van der Waals surface area (Å²) < 4.78 is 0. The maximum atomic E-state index is 11.7. The Morgan fingerprint density at radius 2 is 2.00 bits per heavy atom. The molecule has 0 spiro atoms. The highest BCUT2D eigenvalue weighted by Gasteiger charge is 2.26. The van der Waals surface area contributed by atoms with Crippen LogP contribution in [-0.4, -0.2) is 20.7 Å². The maximum Gasteiger partial charge on any atom is 0.171 e. The number of hydrogen-bond donors (Lipinski definition) is 0. The molecule has 0 unspecified atom stereocenters. The second-order valence-electron chi connectivity index (χ2n) is 5.09. The van der Waals surface area contributed by atoms with Gasteiger partial charge in [0, 0.05) is 24.7 Å². The van der Waals surface area contributed by atoms with E-state index in [9.17, 15) is 4.79 Å². The van der Waals surface area contributed by atoms with Crippen molar-refractivity contribution in [1.82, 2.24) is 15.0 Å². The van der Waals surface area contributed by atoms with Gasteiger partial charge in [0.25, 0.3) is 0 Å². The van der Waals surface area contributed by atoms with Crippen molar-refractivity contribution in [2.75, 3.05) is 0 Å². The van der Waals surface area contributed by atoms with E-state index in [1.165, 1.54) is 11.3 Å². The van der Waals surface area contributed by atoms with E-state index in [1.54, 1.807) is 25.5 Å². The van der Waals surface area contributed by atoms with Crippen LogP contribution in [0.25, 0.3) is 10.7 Å². The minimum Gasteiger partial charge on any atom is -0.294 e. The molecule has 0 aromatic carbocycles. The molecule has 0 N–H and O–H groups in total. The smallest absolute Gasteiger partial charge is 0.171 e. The van der Waals surface area contributed by atoms with Crippen LogP contribution in [-0.2, 0) is 5.41 Å². The van der Waals surface area contributed by atoms with Crippen molar-refractivity contribution in [2.24, 2.45) is 0 Å². The van der Waals surface area contributed by atoms with Crippen LogP contribution in [0, 0.1) is 0 Å². The molecule has 2 aromatic rings. The minimum absolute atomic E-state index is 0.0487. The van der Waals surface area contributed by atoms with E-state index in [4.69, 9.17) is 0 Å². The summed E-state index contributed by atoms with van der Waals surface area (Å²) in [6, 6.07) is 0. The Labute approximate surface area is 110 Å². The average molecular weight is 261 g/mol. The lowest BCUT2D eigenvalue weighted by molar-refractivity contribution is 0.101. The fourth-order valence-electron chi connectivity index (χ4n) is 1.59. The molecule has 2 heterocycles. The van der Waals surface area contributed by atoms with Gasteiger partial charge in [-0.25, -0.2) is 4.98 Å². The van der Waals surface area contributed by atoms with Crippen LogP contribution < -0.4 is 0 Å². The zero-order valence-electron chi connectivity index (χ0n) is 10.9.